The summed E-state index contributed by atoms with van der Waals surface area (Å²) in [5.41, 5.74) is 0.901. The zero-order valence-corrected chi connectivity index (χ0v) is 13.9. The minimum Gasteiger partial charge on any atom is -0.349 e. The molecule has 0 spiro atoms. The van der Waals surface area contributed by atoms with Crippen LogP contribution in [0.1, 0.15) is 44.7 Å². The molecule has 1 aliphatic rings. The number of nitrogens with one attached hydrogen (secondary N) is 1. The predicted molar refractivity (Wildman–Crippen MR) is 87.6 cm³/mol. The summed E-state index contributed by atoms with van der Waals surface area (Å²) in [5, 5.41) is 3.51. The summed E-state index contributed by atoms with van der Waals surface area (Å²) in [6, 6.07) is 6.96. The van der Waals surface area contributed by atoms with Crippen molar-refractivity contribution in [1.29, 1.82) is 0 Å². The van der Waals surface area contributed by atoms with Gasteiger partial charge in [-0.1, -0.05) is 30.7 Å². The van der Waals surface area contributed by atoms with Gasteiger partial charge in [-0.25, -0.2) is 0 Å². The van der Waals surface area contributed by atoms with Crippen molar-refractivity contribution in [2.24, 2.45) is 5.92 Å². The highest BCUT2D eigenvalue weighted by Crippen LogP contribution is 2.22. The van der Waals surface area contributed by atoms with Crippen LogP contribution in [0.15, 0.2) is 24.3 Å². The molecule has 0 aromatic heterocycles. The first-order chi connectivity index (χ1) is 10.5. The first kappa shape index (κ1) is 16.8. The number of hydrogen-bond acceptors (Lipinski definition) is 2. The van der Waals surface area contributed by atoms with E-state index in [1.165, 1.54) is 13.3 Å². The van der Waals surface area contributed by atoms with Gasteiger partial charge in [0.15, 0.2) is 0 Å². The standard InChI is InChI=1S/C17H23ClN2O2/c1-12-4-3-9-20(11-12)17(22)10-16(19-13(2)21)14-5-7-15(18)8-6-14/h5-8,12,16H,3-4,9-11H2,1-2H3,(H,19,21). The van der Waals surface area contributed by atoms with Crippen molar-refractivity contribution in [3.05, 3.63) is 34.9 Å². The summed E-state index contributed by atoms with van der Waals surface area (Å²) in [6.45, 7) is 5.27. The lowest BCUT2D eigenvalue weighted by Gasteiger charge is -2.32. The molecule has 1 fully saturated rings. The Morgan fingerprint density at radius 2 is 2.05 bits per heavy atom. The van der Waals surface area contributed by atoms with Crippen molar-refractivity contribution < 1.29 is 9.59 Å². The Kier molecular flexibility index (Phi) is 5.83. The van der Waals surface area contributed by atoms with Gasteiger partial charge in [0.1, 0.15) is 0 Å². The zero-order chi connectivity index (χ0) is 16.1. The van der Waals surface area contributed by atoms with Crippen molar-refractivity contribution >= 4 is 23.4 Å². The Balaban J connectivity index is 2.07. The molecular weight excluding hydrogens is 300 g/mol. The minimum atomic E-state index is -0.306. The fourth-order valence-electron chi connectivity index (χ4n) is 2.91. The largest absolute Gasteiger partial charge is 0.349 e. The first-order valence-corrected chi connectivity index (χ1v) is 8.14. The molecule has 0 aliphatic carbocycles. The average Bonchev–Trinajstić information content (AvgIpc) is 2.47. The number of benzene rings is 1. The maximum atomic E-state index is 12.5. The van der Waals surface area contributed by atoms with E-state index in [0.29, 0.717) is 10.9 Å². The summed E-state index contributed by atoms with van der Waals surface area (Å²) >= 11 is 5.90. The predicted octanol–water partition coefficient (Wildman–Crippen LogP) is 3.17. The Bertz CT molecular complexity index is 530. The zero-order valence-electron chi connectivity index (χ0n) is 13.1. The highest BCUT2D eigenvalue weighted by atomic mass is 35.5. The van der Waals surface area contributed by atoms with Crippen molar-refractivity contribution in [2.75, 3.05) is 13.1 Å². The first-order valence-electron chi connectivity index (χ1n) is 7.76. The highest BCUT2D eigenvalue weighted by molar-refractivity contribution is 6.30. The molecule has 22 heavy (non-hydrogen) atoms. The van der Waals surface area contributed by atoms with Crippen LogP contribution in [0.25, 0.3) is 0 Å². The number of halogens is 1. The Hall–Kier alpha value is -1.55. The third-order valence-electron chi connectivity index (χ3n) is 4.04. The van der Waals surface area contributed by atoms with E-state index in [2.05, 4.69) is 12.2 Å². The van der Waals surface area contributed by atoms with Gasteiger partial charge >= 0.3 is 0 Å². The van der Waals surface area contributed by atoms with Gasteiger partial charge in [-0.05, 0) is 36.5 Å². The van der Waals surface area contributed by atoms with E-state index in [1.807, 2.05) is 17.0 Å². The lowest BCUT2D eigenvalue weighted by molar-refractivity contribution is -0.133. The van der Waals surface area contributed by atoms with E-state index in [9.17, 15) is 9.59 Å². The molecule has 0 bridgehead atoms. The van der Waals surface area contributed by atoms with E-state index in [0.717, 1.165) is 25.1 Å². The van der Waals surface area contributed by atoms with Crippen LogP contribution in [-0.4, -0.2) is 29.8 Å². The second-order valence-corrected chi connectivity index (χ2v) is 6.53. The smallest absolute Gasteiger partial charge is 0.224 e. The van der Waals surface area contributed by atoms with Crippen LogP contribution in [0, 0.1) is 5.92 Å². The number of carbonyl (C=O) groups is 2. The molecule has 1 heterocycles. The topological polar surface area (TPSA) is 49.4 Å². The van der Waals surface area contributed by atoms with Crippen molar-refractivity contribution in [1.82, 2.24) is 10.2 Å². The number of piperidine rings is 1. The van der Waals surface area contributed by atoms with Crippen molar-refractivity contribution in [3.63, 3.8) is 0 Å². The van der Waals surface area contributed by atoms with Crippen LogP contribution in [0.4, 0.5) is 0 Å². The van der Waals surface area contributed by atoms with E-state index >= 15 is 0 Å². The normalized spacial score (nSPS) is 19.6. The molecule has 5 heteroatoms. The second-order valence-electron chi connectivity index (χ2n) is 6.10. The van der Waals surface area contributed by atoms with Gasteiger partial charge < -0.3 is 10.2 Å². The van der Waals surface area contributed by atoms with E-state index < -0.39 is 0 Å². The lowest BCUT2D eigenvalue weighted by atomic mass is 9.98. The van der Waals surface area contributed by atoms with Crippen LogP contribution < -0.4 is 5.32 Å². The molecule has 0 saturated carbocycles. The highest BCUT2D eigenvalue weighted by Gasteiger charge is 2.24. The van der Waals surface area contributed by atoms with Crippen LogP contribution in [0.5, 0.6) is 0 Å². The van der Waals surface area contributed by atoms with Crippen LogP contribution >= 0.6 is 11.6 Å². The molecule has 0 radical (unpaired) electrons. The molecule has 1 aromatic carbocycles. The Morgan fingerprint density at radius 3 is 2.64 bits per heavy atom. The number of hydrogen-bond donors (Lipinski definition) is 1. The molecule has 2 atom stereocenters. The maximum absolute atomic E-state index is 12.5. The lowest BCUT2D eigenvalue weighted by Crippen LogP contribution is -2.41. The molecule has 1 saturated heterocycles. The van der Waals surface area contributed by atoms with Crippen LogP contribution in [0.2, 0.25) is 5.02 Å². The van der Waals surface area contributed by atoms with Crippen molar-refractivity contribution in [3.8, 4) is 0 Å². The second kappa shape index (κ2) is 7.63. The average molecular weight is 323 g/mol. The van der Waals surface area contributed by atoms with Gasteiger partial charge in [-0.15, -0.1) is 0 Å². The molecule has 1 aliphatic heterocycles. The van der Waals surface area contributed by atoms with Crippen LogP contribution in [-0.2, 0) is 9.59 Å². The summed E-state index contributed by atoms with van der Waals surface area (Å²) in [4.78, 5) is 25.9. The number of rotatable bonds is 4. The summed E-state index contributed by atoms with van der Waals surface area (Å²) in [6.07, 6.45) is 2.52. The number of amides is 2. The molecule has 1 N–H and O–H groups in total. The monoisotopic (exact) mass is 322 g/mol. The fraction of sp³-hybridized carbons (Fsp3) is 0.529. The SMILES string of the molecule is CC(=O)NC(CC(=O)N1CCCC(C)C1)c1ccc(Cl)cc1. The van der Waals surface area contributed by atoms with E-state index in [1.54, 1.807) is 12.1 Å². The molecule has 2 amide bonds. The summed E-state index contributed by atoms with van der Waals surface area (Å²) < 4.78 is 0. The number of carbonyl (C=O) groups excluding carboxylic acids is 2. The van der Waals surface area contributed by atoms with E-state index in [-0.39, 0.29) is 24.3 Å². The minimum absolute atomic E-state index is 0.0975. The molecular formula is C17H23ClN2O2. The third-order valence-corrected chi connectivity index (χ3v) is 4.29. The fourth-order valence-corrected chi connectivity index (χ4v) is 3.04. The van der Waals surface area contributed by atoms with Gasteiger partial charge in [0.2, 0.25) is 11.8 Å². The Morgan fingerprint density at radius 1 is 1.36 bits per heavy atom. The molecule has 2 rings (SSSR count). The van der Waals surface area contributed by atoms with Gasteiger partial charge in [-0.3, -0.25) is 9.59 Å². The Labute approximate surface area is 136 Å². The molecule has 2 unspecified atom stereocenters. The van der Waals surface area contributed by atoms with Gasteiger partial charge in [0.25, 0.3) is 0 Å². The summed E-state index contributed by atoms with van der Waals surface area (Å²) in [5.74, 6) is 0.507. The molecule has 120 valence electrons. The van der Waals surface area contributed by atoms with Gasteiger partial charge in [0, 0.05) is 25.0 Å². The van der Waals surface area contributed by atoms with Crippen molar-refractivity contribution in [2.45, 2.75) is 39.2 Å². The maximum Gasteiger partial charge on any atom is 0.224 e. The van der Waals surface area contributed by atoms with E-state index in [4.69, 9.17) is 11.6 Å². The third kappa shape index (κ3) is 4.73. The number of likely N-dealkylation sites (tertiary alicyclic amines) is 1. The van der Waals surface area contributed by atoms with Gasteiger partial charge in [0.05, 0.1) is 12.5 Å². The molecule has 4 nitrogen and oxygen atoms in total. The number of nitrogens with zero attached hydrogens (tertiary/aromatic N) is 1. The quantitative estimate of drug-likeness (QED) is 0.925. The van der Waals surface area contributed by atoms with Gasteiger partial charge in [-0.2, -0.15) is 0 Å². The van der Waals surface area contributed by atoms with Crippen LogP contribution in [0.3, 0.4) is 0 Å². The summed E-state index contributed by atoms with van der Waals surface area (Å²) in [7, 11) is 0. The molecule has 1 aromatic rings.